The first-order valence-corrected chi connectivity index (χ1v) is 9.19. The van der Waals surface area contributed by atoms with Crippen LogP contribution >= 0.6 is 0 Å². The normalized spacial score (nSPS) is 12.3. The molecule has 0 aliphatic rings. The summed E-state index contributed by atoms with van der Waals surface area (Å²) in [6, 6.07) is 8.80. The van der Waals surface area contributed by atoms with Gasteiger partial charge in [-0.15, -0.1) is 0 Å². The Bertz CT molecular complexity index is 1160. The summed E-state index contributed by atoms with van der Waals surface area (Å²) >= 11 is 0. The van der Waals surface area contributed by atoms with Gasteiger partial charge in [0.2, 0.25) is 11.7 Å². The lowest BCUT2D eigenvalue weighted by Crippen LogP contribution is -2.30. The highest BCUT2D eigenvalue weighted by Gasteiger charge is 2.16. The predicted molar refractivity (Wildman–Crippen MR) is 105 cm³/mol. The summed E-state index contributed by atoms with van der Waals surface area (Å²) in [5, 5.41) is 3.54. The summed E-state index contributed by atoms with van der Waals surface area (Å²) in [5.74, 6) is 0.455. The Kier molecular flexibility index (Phi) is 4.84. The number of aryl methyl sites for hydroxylation is 1. The molecule has 3 aromatic heterocycles. The number of carbonyl (C=O) groups excluding carboxylic acids is 1. The standard InChI is InChI=1S/C20H20N6O2/c1-2-15(17-12-25-10-5-9-21-20(25)24-17)23-18(27)8-11-26-13-22-16-7-4-3-6-14(16)19(26)28/h3-7,9-10,12-13,15H,2,8,11H2,1H3,(H,23,27)/t15-/m1/s1. The molecule has 28 heavy (non-hydrogen) atoms. The van der Waals surface area contributed by atoms with E-state index in [1.165, 1.54) is 10.9 Å². The molecule has 8 heteroatoms. The molecule has 1 N–H and O–H groups in total. The molecule has 0 saturated heterocycles. The van der Waals surface area contributed by atoms with E-state index in [9.17, 15) is 9.59 Å². The number of para-hydroxylation sites is 1. The Hall–Kier alpha value is -3.55. The number of amides is 1. The molecule has 0 bridgehead atoms. The molecule has 4 aromatic rings. The van der Waals surface area contributed by atoms with Gasteiger partial charge in [-0.1, -0.05) is 19.1 Å². The number of rotatable bonds is 6. The van der Waals surface area contributed by atoms with Gasteiger partial charge in [0, 0.05) is 31.6 Å². The maximum absolute atomic E-state index is 12.5. The Morgan fingerprint density at radius 2 is 2.07 bits per heavy atom. The molecule has 4 rings (SSSR count). The van der Waals surface area contributed by atoms with Crippen molar-refractivity contribution in [2.75, 3.05) is 0 Å². The largest absolute Gasteiger partial charge is 0.348 e. The Labute approximate surface area is 160 Å². The molecule has 142 valence electrons. The lowest BCUT2D eigenvalue weighted by Gasteiger charge is -2.15. The summed E-state index contributed by atoms with van der Waals surface area (Å²) in [6.45, 7) is 2.26. The summed E-state index contributed by atoms with van der Waals surface area (Å²) < 4.78 is 3.29. The summed E-state index contributed by atoms with van der Waals surface area (Å²) in [7, 11) is 0. The Morgan fingerprint density at radius 3 is 2.89 bits per heavy atom. The van der Waals surface area contributed by atoms with Crippen LogP contribution in [0.15, 0.2) is 60.0 Å². The molecule has 1 atom stereocenters. The van der Waals surface area contributed by atoms with Crippen molar-refractivity contribution in [2.45, 2.75) is 32.4 Å². The van der Waals surface area contributed by atoms with Gasteiger partial charge in [-0.05, 0) is 24.6 Å². The molecule has 8 nitrogen and oxygen atoms in total. The van der Waals surface area contributed by atoms with E-state index in [1.807, 2.05) is 35.9 Å². The van der Waals surface area contributed by atoms with E-state index in [0.29, 0.717) is 23.1 Å². The van der Waals surface area contributed by atoms with E-state index in [4.69, 9.17) is 0 Å². The SMILES string of the molecule is CC[C@@H](NC(=O)CCn1cnc2ccccc2c1=O)c1cn2cccnc2n1. The van der Waals surface area contributed by atoms with Gasteiger partial charge in [0.1, 0.15) is 0 Å². The molecule has 0 saturated carbocycles. The van der Waals surface area contributed by atoms with Crippen LogP contribution in [0.4, 0.5) is 0 Å². The monoisotopic (exact) mass is 376 g/mol. The van der Waals surface area contributed by atoms with Crippen LogP contribution in [0.5, 0.6) is 0 Å². The van der Waals surface area contributed by atoms with Crippen LogP contribution in [-0.4, -0.2) is 29.8 Å². The fraction of sp³-hybridized carbons (Fsp3) is 0.250. The molecular weight excluding hydrogens is 356 g/mol. The van der Waals surface area contributed by atoms with Crippen molar-refractivity contribution in [1.82, 2.24) is 29.2 Å². The van der Waals surface area contributed by atoms with Gasteiger partial charge in [-0.2, -0.15) is 0 Å². The zero-order valence-electron chi connectivity index (χ0n) is 15.4. The highest BCUT2D eigenvalue weighted by Crippen LogP contribution is 2.16. The highest BCUT2D eigenvalue weighted by atomic mass is 16.2. The topological polar surface area (TPSA) is 94.2 Å². The average Bonchev–Trinajstić information content (AvgIpc) is 3.15. The smallest absolute Gasteiger partial charge is 0.261 e. The van der Waals surface area contributed by atoms with Gasteiger partial charge in [0.25, 0.3) is 5.56 Å². The van der Waals surface area contributed by atoms with Crippen LogP contribution in [0.25, 0.3) is 16.7 Å². The van der Waals surface area contributed by atoms with Crippen LogP contribution in [0.3, 0.4) is 0 Å². The maximum atomic E-state index is 12.5. The summed E-state index contributed by atoms with van der Waals surface area (Å²) in [5.41, 5.74) is 1.27. The number of carbonyl (C=O) groups is 1. The van der Waals surface area contributed by atoms with Crippen molar-refractivity contribution in [3.8, 4) is 0 Å². The van der Waals surface area contributed by atoms with Crippen LogP contribution < -0.4 is 10.9 Å². The molecule has 0 fully saturated rings. The molecule has 1 amide bonds. The van der Waals surface area contributed by atoms with Gasteiger partial charge in [-0.3, -0.25) is 18.6 Å². The second kappa shape index (κ2) is 7.59. The number of nitrogens with zero attached hydrogens (tertiary/aromatic N) is 5. The minimum Gasteiger partial charge on any atom is -0.348 e. The molecular formula is C20H20N6O2. The highest BCUT2D eigenvalue weighted by molar-refractivity contribution is 5.77. The third-order valence-electron chi connectivity index (χ3n) is 4.67. The van der Waals surface area contributed by atoms with Gasteiger partial charge in [-0.25, -0.2) is 15.0 Å². The predicted octanol–water partition coefficient (Wildman–Crippen LogP) is 2.10. The number of hydrogen-bond acceptors (Lipinski definition) is 5. The molecule has 0 unspecified atom stereocenters. The zero-order chi connectivity index (χ0) is 19.5. The van der Waals surface area contributed by atoms with Crippen molar-refractivity contribution in [3.63, 3.8) is 0 Å². The van der Waals surface area contributed by atoms with Gasteiger partial charge >= 0.3 is 0 Å². The molecule has 0 spiro atoms. The number of aromatic nitrogens is 5. The first-order valence-electron chi connectivity index (χ1n) is 9.19. The number of benzene rings is 1. The van der Waals surface area contributed by atoms with Crippen molar-refractivity contribution >= 4 is 22.6 Å². The first-order chi connectivity index (χ1) is 13.7. The third kappa shape index (κ3) is 3.48. The number of imidazole rings is 1. The van der Waals surface area contributed by atoms with Gasteiger partial charge in [0.05, 0.1) is 29.0 Å². The molecule has 0 aliphatic carbocycles. The third-order valence-corrected chi connectivity index (χ3v) is 4.67. The van der Waals surface area contributed by atoms with E-state index in [-0.39, 0.29) is 30.5 Å². The maximum Gasteiger partial charge on any atom is 0.261 e. The Morgan fingerprint density at radius 1 is 1.21 bits per heavy atom. The molecule has 3 heterocycles. The average molecular weight is 376 g/mol. The van der Waals surface area contributed by atoms with Gasteiger partial charge < -0.3 is 5.32 Å². The molecule has 0 radical (unpaired) electrons. The first kappa shape index (κ1) is 17.8. The summed E-state index contributed by atoms with van der Waals surface area (Å²) in [4.78, 5) is 37.9. The van der Waals surface area contributed by atoms with Crippen molar-refractivity contribution in [2.24, 2.45) is 0 Å². The van der Waals surface area contributed by atoms with E-state index in [0.717, 1.165) is 5.69 Å². The fourth-order valence-electron chi connectivity index (χ4n) is 3.16. The lowest BCUT2D eigenvalue weighted by molar-refractivity contribution is -0.122. The van der Waals surface area contributed by atoms with Crippen molar-refractivity contribution in [1.29, 1.82) is 0 Å². The van der Waals surface area contributed by atoms with Crippen LogP contribution in [0, 0.1) is 0 Å². The lowest BCUT2D eigenvalue weighted by atomic mass is 10.1. The minimum absolute atomic E-state index is 0.142. The van der Waals surface area contributed by atoms with E-state index in [2.05, 4.69) is 20.3 Å². The van der Waals surface area contributed by atoms with Gasteiger partial charge in [0.15, 0.2) is 0 Å². The second-order valence-corrected chi connectivity index (χ2v) is 6.53. The second-order valence-electron chi connectivity index (χ2n) is 6.53. The van der Waals surface area contributed by atoms with E-state index in [1.54, 1.807) is 24.4 Å². The van der Waals surface area contributed by atoms with Crippen LogP contribution in [0.1, 0.15) is 31.5 Å². The summed E-state index contributed by atoms with van der Waals surface area (Å²) in [6.07, 6.45) is 7.79. The number of nitrogens with one attached hydrogen (secondary N) is 1. The zero-order valence-corrected chi connectivity index (χ0v) is 15.4. The van der Waals surface area contributed by atoms with Crippen LogP contribution in [0.2, 0.25) is 0 Å². The van der Waals surface area contributed by atoms with Crippen molar-refractivity contribution < 1.29 is 4.79 Å². The van der Waals surface area contributed by atoms with E-state index >= 15 is 0 Å². The Balaban J connectivity index is 1.45. The molecule has 1 aromatic carbocycles. The minimum atomic E-state index is -0.208. The quantitative estimate of drug-likeness (QED) is 0.556. The fourth-order valence-corrected chi connectivity index (χ4v) is 3.16. The van der Waals surface area contributed by atoms with E-state index < -0.39 is 0 Å². The molecule has 0 aliphatic heterocycles. The van der Waals surface area contributed by atoms with Crippen LogP contribution in [-0.2, 0) is 11.3 Å². The number of hydrogen-bond donors (Lipinski definition) is 1. The number of fused-ring (bicyclic) bond motifs is 2. The van der Waals surface area contributed by atoms with Crippen molar-refractivity contribution in [3.05, 3.63) is 71.3 Å².